The summed E-state index contributed by atoms with van der Waals surface area (Å²) < 4.78 is 0. The Morgan fingerprint density at radius 3 is 2.29 bits per heavy atom. The van der Waals surface area contributed by atoms with Crippen molar-refractivity contribution < 1.29 is 9.59 Å². The minimum atomic E-state index is -0.577. The zero-order chi connectivity index (χ0) is 13.6. The van der Waals surface area contributed by atoms with Gasteiger partial charge in [-0.05, 0) is 27.2 Å². The van der Waals surface area contributed by atoms with Crippen LogP contribution in [-0.2, 0) is 9.59 Å². The highest BCUT2D eigenvalue weighted by molar-refractivity contribution is 5.87. The van der Waals surface area contributed by atoms with Gasteiger partial charge < -0.3 is 16.0 Å². The molecule has 3 N–H and O–H groups in total. The van der Waals surface area contributed by atoms with Crippen molar-refractivity contribution in [1.82, 2.24) is 10.2 Å². The van der Waals surface area contributed by atoms with E-state index in [4.69, 9.17) is 5.73 Å². The molecule has 5 nitrogen and oxygen atoms in total. The van der Waals surface area contributed by atoms with Crippen LogP contribution in [0.25, 0.3) is 0 Å². The molecule has 0 aliphatic rings. The highest BCUT2D eigenvalue weighted by Crippen LogP contribution is 2.21. The fraction of sp³-hybridized carbons (Fsp3) is 0.833. The van der Waals surface area contributed by atoms with E-state index in [2.05, 4.69) is 5.32 Å². The Morgan fingerprint density at radius 1 is 1.41 bits per heavy atom. The van der Waals surface area contributed by atoms with Gasteiger partial charge in [-0.15, -0.1) is 0 Å². The molecule has 100 valence electrons. The predicted octanol–water partition coefficient (Wildman–Crippen LogP) is 0.344. The van der Waals surface area contributed by atoms with E-state index in [1.807, 2.05) is 27.7 Å². The molecule has 0 saturated heterocycles. The summed E-state index contributed by atoms with van der Waals surface area (Å²) in [6.07, 6.45) is 0.665. The Kier molecular flexibility index (Phi) is 6.16. The molecule has 5 heteroatoms. The van der Waals surface area contributed by atoms with Crippen molar-refractivity contribution in [3.05, 3.63) is 0 Å². The summed E-state index contributed by atoms with van der Waals surface area (Å²) in [6, 6.07) is 0.0815. The van der Waals surface area contributed by atoms with Crippen molar-refractivity contribution >= 4 is 11.8 Å². The topological polar surface area (TPSA) is 75.4 Å². The fourth-order valence-electron chi connectivity index (χ4n) is 1.50. The predicted molar refractivity (Wildman–Crippen MR) is 68.4 cm³/mol. The van der Waals surface area contributed by atoms with Gasteiger partial charge >= 0.3 is 0 Å². The molecule has 0 saturated carbocycles. The molecule has 0 aromatic carbocycles. The smallest absolute Gasteiger partial charge is 0.239 e. The van der Waals surface area contributed by atoms with Gasteiger partial charge in [-0.25, -0.2) is 0 Å². The third kappa shape index (κ3) is 4.73. The van der Waals surface area contributed by atoms with Crippen molar-refractivity contribution in [3.8, 4) is 0 Å². The average molecular weight is 243 g/mol. The molecule has 0 rings (SSSR count). The van der Waals surface area contributed by atoms with Crippen LogP contribution in [0, 0.1) is 5.41 Å². The van der Waals surface area contributed by atoms with E-state index in [0.29, 0.717) is 13.0 Å². The summed E-state index contributed by atoms with van der Waals surface area (Å²) >= 11 is 0. The summed E-state index contributed by atoms with van der Waals surface area (Å²) in [7, 11) is 1.63. The van der Waals surface area contributed by atoms with Gasteiger partial charge in [0.2, 0.25) is 11.8 Å². The minimum Gasteiger partial charge on any atom is -0.352 e. The number of rotatable bonds is 6. The number of hydrogen-bond acceptors (Lipinski definition) is 3. The van der Waals surface area contributed by atoms with Gasteiger partial charge in [0.05, 0.1) is 12.0 Å². The number of hydrogen-bond donors (Lipinski definition) is 2. The Hall–Kier alpha value is -1.10. The van der Waals surface area contributed by atoms with Gasteiger partial charge in [0, 0.05) is 19.6 Å². The molecule has 2 amide bonds. The van der Waals surface area contributed by atoms with E-state index in [-0.39, 0.29) is 24.4 Å². The lowest BCUT2D eigenvalue weighted by Crippen LogP contribution is -2.48. The fourth-order valence-corrected chi connectivity index (χ4v) is 1.50. The van der Waals surface area contributed by atoms with Gasteiger partial charge in [0.1, 0.15) is 0 Å². The first kappa shape index (κ1) is 15.9. The molecule has 1 unspecified atom stereocenters. The lowest BCUT2D eigenvalue weighted by molar-refractivity contribution is -0.142. The molecule has 0 aromatic heterocycles. The monoisotopic (exact) mass is 243 g/mol. The first-order chi connectivity index (χ1) is 7.76. The number of nitrogens with two attached hydrogens (primary N) is 1. The Morgan fingerprint density at radius 2 is 1.94 bits per heavy atom. The highest BCUT2D eigenvalue weighted by atomic mass is 16.2. The molecule has 0 aliphatic heterocycles. The maximum atomic E-state index is 12.1. The molecule has 0 aromatic rings. The van der Waals surface area contributed by atoms with E-state index in [0.717, 1.165) is 0 Å². The van der Waals surface area contributed by atoms with Gasteiger partial charge in [-0.2, -0.15) is 0 Å². The molecular formula is C12H25N3O2. The molecule has 1 atom stereocenters. The highest BCUT2D eigenvalue weighted by Gasteiger charge is 2.32. The van der Waals surface area contributed by atoms with Crippen molar-refractivity contribution in [3.63, 3.8) is 0 Å². The van der Waals surface area contributed by atoms with Crippen LogP contribution in [0.15, 0.2) is 0 Å². The largest absolute Gasteiger partial charge is 0.352 e. The molecular weight excluding hydrogens is 218 g/mol. The van der Waals surface area contributed by atoms with Crippen LogP contribution in [0.5, 0.6) is 0 Å². The summed E-state index contributed by atoms with van der Waals surface area (Å²) in [5.74, 6) is -0.229. The van der Waals surface area contributed by atoms with Gasteiger partial charge in [-0.1, -0.05) is 6.92 Å². The number of carbonyl (C=O) groups excluding carboxylic acids is 2. The molecule has 0 spiro atoms. The third-order valence-electron chi connectivity index (χ3n) is 2.92. The molecule has 0 bridgehead atoms. The second-order valence-electron chi connectivity index (χ2n) is 5.00. The Balaban J connectivity index is 4.46. The van der Waals surface area contributed by atoms with Crippen LogP contribution < -0.4 is 11.1 Å². The normalized spacial score (nSPS) is 14.3. The first-order valence-corrected chi connectivity index (χ1v) is 6.01. The van der Waals surface area contributed by atoms with Crippen molar-refractivity contribution in [2.45, 2.75) is 40.2 Å². The molecule has 0 heterocycles. The lowest BCUT2D eigenvalue weighted by atomic mass is 9.86. The summed E-state index contributed by atoms with van der Waals surface area (Å²) in [5.41, 5.74) is 5.04. The molecule has 17 heavy (non-hydrogen) atoms. The standard InChI is InChI=1S/C12H25N3O2/c1-6-12(4,8-13)11(17)15(5)7-10(16)14-9(2)3/h9H,6-8,13H2,1-5H3,(H,14,16). The number of likely N-dealkylation sites (N-methyl/N-ethyl adjacent to an activating group) is 1. The van der Waals surface area contributed by atoms with Crippen LogP contribution in [0.1, 0.15) is 34.1 Å². The average Bonchev–Trinajstić information content (AvgIpc) is 2.25. The quantitative estimate of drug-likeness (QED) is 0.706. The lowest BCUT2D eigenvalue weighted by Gasteiger charge is -2.30. The summed E-state index contributed by atoms with van der Waals surface area (Å²) in [6.45, 7) is 7.88. The molecule has 0 radical (unpaired) electrons. The van der Waals surface area contributed by atoms with Crippen LogP contribution in [0.4, 0.5) is 0 Å². The maximum Gasteiger partial charge on any atom is 0.239 e. The zero-order valence-electron chi connectivity index (χ0n) is 11.5. The van der Waals surface area contributed by atoms with Gasteiger partial charge in [0.25, 0.3) is 0 Å². The number of amides is 2. The molecule has 0 aliphatic carbocycles. The number of carbonyl (C=O) groups is 2. The van der Waals surface area contributed by atoms with Gasteiger partial charge in [0.15, 0.2) is 0 Å². The van der Waals surface area contributed by atoms with E-state index >= 15 is 0 Å². The molecule has 0 fully saturated rings. The van der Waals surface area contributed by atoms with Crippen LogP contribution in [0.2, 0.25) is 0 Å². The van der Waals surface area contributed by atoms with E-state index in [9.17, 15) is 9.59 Å². The van der Waals surface area contributed by atoms with Crippen LogP contribution in [0.3, 0.4) is 0 Å². The Labute approximate surface area is 104 Å². The van der Waals surface area contributed by atoms with Gasteiger partial charge in [-0.3, -0.25) is 9.59 Å². The van der Waals surface area contributed by atoms with Crippen molar-refractivity contribution in [1.29, 1.82) is 0 Å². The van der Waals surface area contributed by atoms with E-state index in [1.165, 1.54) is 4.90 Å². The second kappa shape index (κ2) is 6.59. The van der Waals surface area contributed by atoms with Crippen LogP contribution in [-0.4, -0.2) is 42.9 Å². The number of nitrogens with zero attached hydrogens (tertiary/aromatic N) is 1. The van der Waals surface area contributed by atoms with Crippen molar-refractivity contribution in [2.24, 2.45) is 11.1 Å². The summed E-state index contributed by atoms with van der Waals surface area (Å²) in [5, 5.41) is 2.75. The maximum absolute atomic E-state index is 12.1. The SMILES string of the molecule is CCC(C)(CN)C(=O)N(C)CC(=O)NC(C)C. The third-order valence-corrected chi connectivity index (χ3v) is 2.92. The summed E-state index contributed by atoms with van der Waals surface area (Å²) in [4.78, 5) is 25.1. The van der Waals surface area contributed by atoms with E-state index in [1.54, 1.807) is 7.05 Å². The van der Waals surface area contributed by atoms with Crippen LogP contribution >= 0.6 is 0 Å². The number of nitrogens with one attached hydrogen (secondary N) is 1. The zero-order valence-corrected chi connectivity index (χ0v) is 11.5. The van der Waals surface area contributed by atoms with Crippen molar-refractivity contribution in [2.75, 3.05) is 20.1 Å². The second-order valence-corrected chi connectivity index (χ2v) is 5.00. The minimum absolute atomic E-state index is 0.0760. The first-order valence-electron chi connectivity index (χ1n) is 6.01. The Bertz CT molecular complexity index is 273. The van der Waals surface area contributed by atoms with E-state index < -0.39 is 5.41 Å².